The second-order valence-corrected chi connectivity index (χ2v) is 5.44. The van der Waals surface area contributed by atoms with Gasteiger partial charge in [0.25, 0.3) is 0 Å². The van der Waals surface area contributed by atoms with Crippen molar-refractivity contribution in [2.24, 2.45) is 11.7 Å². The molecule has 1 aliphatic heterocycles. The zero-order chi connectivity index (χ0) is 14.7. The Morgan fingerprint density at radius 1 is 1.45 bits per heavy atom. The number of thiocarbonyl (C=S) groups is 1. The van der Waals surface area contributed by atoms with Crippen molar-refractivity contribution in [1.82, 2.24) is 4.90 Å². The molecule has 1 aliphatic rings. The lowest BCUT2D eigenvalue weighted by molar-refractivity contribution is -0.131. The molecule has 1 aromatic carbocycles. The number of likely N-dealkylation sites (tertiary alicyclic amines) is 1. The number of rotatable bonds is 3. The van der Waals surface area contributed by atoms with Crippen LogP contribution in [-0.4, -0.2) is 28.9 Å². The molecule has 1 atom stereocenters. The first-order chi connectivity index (χ1) is 9.49. The number of piperidine rings is 1. The smallest absolute Gasteiger partial charge is 0.227 e. The van der Waals surface area contributed by atoms with E-state index >= 15 is 0 Å². The monoisotopic (exact) mass is 298 g/mol. The van der Waals surface area contributed by atoms with Crippen molar-refractivity contribution in [1.29, 1.82) is 0 Å². The Kier molecular flexibility index (Phi) is 4.65. The van der Waals surface area contributed by atoms with Gasteiger partial charge in [-0.15, -0.1) is 0 Å². The van der Waals surface area contributed by atoms with E-state index in [1.54, 1.807) is 4.90 Å². The fourth-order valence-corrected chi connectivity index (χ4v) is 2.59. The number of hydrogen-bond acceptors (Lipinski definition) is 2. The SMILES string of the molecule is NC(=S)C1CCCN(C(=O)Cc2cccc(F)c2F)C1. The molecular weight excluding hydrogens is 282 g/mol. The molecule has 3 nitrogen and oxygen atoms in total. The Labute approximate surface area is 121 Å². The lowest BCUT2D eigenvalue weighted by Crippen LogP contribution is -2.44. The van der Waals surface area contributed by atoms with Gasteiger partial charge in [-0.3, -0.25) is 4.79 Å². The average molecular weight is 298 g/mol. The van der Waals surface area contributed by atoms with E-state index in [1.807, 2.05) is 0 Å². The van der Waals surface area contributed by atoms with Crippen LogP contribution in [0.1, 0.15) is 18.4 Å². The highest BCUT2D eigenvalue weighted by molar-refractivity contribution is 7.80. The zero-order valence-electron chi connectivity index (χ0n) is 10.9. The molecule has 1 saturated heterocycles. The molecule has 1 aromatic rings. The second kappa shape index (κ2) is 6.26. The van der Waals surface area contributed by atoms with Gasteiger partial charge in [0.05, 0.1) is 11.4 Å². The predicted octanol–water partition coefficient (Wildman–Crippen LogP) is 2.03. The minimum atomic E-state index is -0.955. The van der Waals surface area contributed by atoms with E-state index in [1.165, 1.54) is 12.1 Å². The summed E-state index contributed by atoms with van der Waals surface area (Å²) >= 11 is 4.95. The summed E-state index contributed by atoms with van der Waals surface area (Å²) in [4.78, 5) is 14.2. The molecule has 108 valence electrons. The second-order valence-electron chi connectivity index (χ2n) is 4.97. The van der Waals surface area contributed by atoms with Crippen molar-refractivity contribution >= 4 is 23.1 Å². The van der Waals surface area contributed by atoms with Gasteiger partial charge in [-0.1, -0.05) is 24.4 Å². The molecule has 2 N–H and O–H groups in total. The first-order valence-corrected chi connectivity index (χ1v) is 6.90. The zero-order valence-corrected chi connectivity index (χ0v) is 11.8. The molecule has 1 amide bonds. The van der Waals surface area contributed by atoms with Gasteiger partial charge in [0.2, 0.25) is 5.91 Å². The van der Waals surface area contributed by atoms with Gasteiger partial charge in [0, 0.05) is 24.6 Å². The van der Waals surface area contributed by atoms with Gasteiger partial charge >= 0.3 is 0 Å². The first kappa shape index (κ1) is 14.8. The molecule has 20 heavy (non-hydrogen) atoms. The van der Waals surface area contributed by atoms with Crippen LogP contribution in [0.3, 0.4) is 0 Å². The maximum Gasteiger partial charge on any atom is 0.227 e. The normalized spacial score (nSPS) is 18.9. The largest absolute Gasteiger partial charge is 0.393 e. The maximum atomic E-state index is 13.5. The summed E-state index contributed by atoms with van der Waals surface area (Å²) < 4.78 is 26.7. The summed E-state index contributed by atoms with van der Waals surface area (Å²) in [5, 5.41) is 0. The molecule has 1 fully saturated rings. The Hall–Kier alpha value is -1.56. The van der Waals surface area contributed by atoms with E-state index in [0.717, 1.165) is 18.9 Å². The number of nitrogens with zero attached hydrogens (tertiary/aromatic N) is 1. The summed E-state index contributed by atoms with van der Waals surface area (Å²) in [5.74, 6) is -2.10. The van der Waals surface area contributed by atoms with E-state index in [4.69, 9.17) is 18.0 Å². The van der Waals surface area contributed by atoms with Crippen LogP contribution in [0.15, 0.2) is 18.2 Å². The molecule has 0 saturated carbocycles. The standard InChI is InChI=1S/C14H16F2N2OS/c15-11-5-1-3-9(13(11)16)7-12(19)18-6-2-4-10(8-18)14(17)20/h1,3,5,10H,2,4,6-8H2,(H2,17,20). The van der Waals surface area contributed by atoms with Crippen molar-refractivity contribution in [3.63, 3.8) is 0 Å². The highest BCUT2D eigenvalue weighted by Crippen LogP contribution is 2.19. The van der Waals surface area contributed by atoms with Crippen LogP contribution in [-0.2, 0) is 11.2 Å². The number of halogens is 2. The Morgan fingerprint density at radius 2 is 2.20 bits per heavy atom. The number of benzene rings is 1. The van der Waals surface area contributed by atoms with Crippen molar-refractivity contribution < 1.29 is 13.6 Å². The number of amides is 1. The Bertz CT molecular complexity index is 536. The summed E-state index contributed by atoms with van der Waals surface area (Å²) in [5.41, 5.74) is 5.69. The van der Waals surface area contributed by atoms with Crippen LogP contribution < -0.4 is 5.73 Å². The van der Waals surface area contributed by atoms with E-state index < -0.39 is 11.6 Å². The van der Waals surface area contributed by atoms with Crippen molar-refractivity contribution in [3.8, 4) is 0 Å². The van der Waals surface area contributed by atoms with Crippen molar-refractivity contribution in [2.45, 2.75) is 19.3 Å². The molecule has 0 aliphatic carbocycles. The summed E-state index contributed by atoms with van der Waals surface area (Å²) in [6.07, 6.45) is 1.54. The maximum absolute atomic E-state index is 13.5. The van der Waals surface area contributed by atoms with Gasteiger partial charge in [-0.05, 0) is 18.9 Å². The van der Waals surface area contributed by atoms with E-state index in [9.17, 15) is 13.6 Å². The molecule has 2 rings (SSSR count). The van der Waals surface area contributed by atoms with Crippen LogP contribution in [0.5, 0.6) is 0 Å². The van der Waals surface area contributed by atoms with E-state index in [2.05, 4.69) is 0 Å². The van der Waals surface area contributed by atoms with Crippen molar-refractivity contribution in [2.75, 3.05) is 13.1 Å². The fraction of sp³-hybridized carbons (Fsp3) is 0.429. The molecule has 1 unspecified atom stereocenters. The van der Waals surface area contributed by atoms with E-state index in [-0.39, 0.29) is 23.8 Å². The number of nitrogens with two attached hydrogens (primary N) is 1. The first-order valence-electron chi connectivity index (χ1n) is 6.49. The van der Waals surface area contributed by atoms with Gasteiger partial charge in [-0.25, -0.2) is 8.78 Å². The summed E-state index contributed by atoms with van der Waals surface area (Å²) in [7, 11) is 0. The van der Waals surface area contributed by atoms with Gasteiger partial charge in [0.15, 0.2) is 11.6 Å². The number of hydrogen-bond donors (Lipinski definition) is 1. The van der Waals surface area contributed by atoms with Crippen LogP contribution >= 0.6 is 12.2 Å². The van der Waals surface area contributed by atoms with Crippen LogP contribution in [0.25, 0.3) is 0 Å². The highest BCUT2D eigenvalue weighted by Gasteiger charge is 2.25. The molecule has 6 heteroatoms. The van der Waals surface area contributed by atoms with Gasteiger partial charge < -0.3 is 10.6 Å². The van der Waals surface area contributed by atoms with Crippen molar-refractivity contribution in [3.05, 3.63) is 35.4 Å². The fourth-order valence-electron chi connectivity index (χ4n) is 2.40. The molecule has 1 heterocycles. The van der Waals surface area contributed by atoms with Crippen LogP contribution in [0.4, 0.5) is 8.78 Å². The molecular formula is C14H16F2N2OS. The topological polar surface area (TPSA) is 46.3 Å². The highest BCUT2D eigenvalue weighted by atomic mass is 32.1. The third-order valence-corrected chi connectivity index (χ3v) is 3.88. The molecule has 0 aromatic heterocycles. The molecule has 0 radical (unpaired) electrons. The van der Waals surface area contributed by atoms with Gasteiger partial charge in [0.1, 0.15) is 0 Å². The molecule has 0 bridgehead atoms. The summed E-state index contributed by atoms with van der Waals surface area (Å²) in [6, 6.07) is 3.85. The van der Waals surface area contributed by atoms with Crippen LogP contribution in [0.2, 0.25) is 0 Å². The predicted molar refractivity (Wildman–Crippen MR) is 76.2 cm³/mol. The lowest BCUT2D eigenvalue weighted by atomic mass is 9.97. The summed E-state index contributed by atoms with van der Waals surface area (Å²) in [6.45, 7) is 1.07. The van der Waals surface area contributed by atoms with Crippen LogP contribution in [0, 0.1) is 17.6 Å². The third-order valence-electron chi connectivity index (χ3n) is 3.55. The Balaban J connectivity index is 2.04. The Morgan fingerprint density at radius 3 is 2.90 bits per heavy atom. The van der Waals surface area contributed by atoms with Gasteiger partial charge in [-0.2, -0.15) is 0 Å². The minimum absolute atomic E-state index is 0.0139. The number of carbonyl (C=O) groups is 1. The minimum Gasteiger partial charge on any atom is -0.393 e. The molecule has 0 spiro atoms. The third kappa shape index (κ3) is 3.30. The van der Waals surface area contributed by atoms with E-state index in [0.29, 0.717) is 18.1 Å². The lowest BCUT2D eigenvalue weighted by Gasteiger charge is -2.32. The number of carbonyl (C=O) groups excluding carboxylic acids is 1. The quantitative estimate of drug-likeness (QED) is 0.869. The average Bonchev–Trinajstić information content (AvgIpc) is 2.44.